The van der Waals surface area contributed by atoms with E-state index in [4.69, 9.17) is 11.5 Å². The molecule has 3 fully saturated rings. The lowest BCUT2D eigenvalue weighted by Gasteiger charge is -2.52. The minimum atomic E-state index is -1.35. The van der Waals surface area contributed by atoms with E-state index in [2.05, 4.69) is 34.3 Å². The molecule has 0 radical (unpaired) electrons. The van der Waals surface area contributed by atoms with E-state index in [9.17, 15) is 19.5 Å². The molecule has 1 saturated carbocycles. The van der Waals surface area contributed by atoms with Gasteiger partial charge < -0.3 is 31.3 Å². The summed E-state index contributed by atoms with van der Waals surface area (Å²) < 4.78 is 1.45. The van der Waals surface area contributed by atoms with Crippen molar-refractivity contribution in [3.8, 4) is 5.69 Å². The van der Waals surface area contributed by atoms with Crippen LogP contribution in [0.5, 0.6) is 0 Å². The average molecular weight is 581 g/mol. The maximum atomic E-state index is 12.8. The second-order valence-corrected chi connectivity index (χ2v) is 12.7. The van der Waals surface area contributed by atoms with Gasteiger partial charge in [0.15, 0.2) is 0 Å². The van der Waals surface area contributed by atoms with Crippen LogP contribution in [0.3, 0.4) is 0 Å². The first kappa shape index (κ1) is 30.1. The standard InChI is InChI=1S/C30H44N8O4/c1-21(35-11-8-30(9-12-35)18-23(31)19-30)17-22-3-5-24(6-4-22)38-10-7-25(34-28(38)42)33-27(41)37-15-13-36(14-16-37)26(40)29(2,32)20-39/h3-7,10,21,23,39H,8-9,11-20,31-32H2,1-2H3,(H,33,34,41,42). The van der Waals surface area contributed by atoms with Gasteiger partial charge in [0.2, 0.25) is 5.91 Å². The highest BCUT2D eigenvalue weighted by Crippen LogP contribution is 2.48. The summed E-state index contributed by atoms with van der Waals surface area (Å²) in [5.41, 5.74) is 12.5. The number of nitrogens with one attached hydrogen (secondary N) is 1. The van der Waals surface area contributed by atoms with Gasteiger partial charge in [0.25, 0.3) is 0 Å². The summed E-state index contributed by atoms with van der Waals surface area (Å²) in [5.74, 6) is -0.195. The zero-order valence-electron chi connectivity index (χ0n) is 24.7. The highest BCUT2D eigenvalue weighted by atomic mass is 16.3. The van der Waals surface area contributed by atoms with Gasteiger partial charge in [-0.1, -0.05) is 12.1 Å². The minimum Gasteiger partial charge on any atom is -0.394 e. The van der Waals surface area contributed by atoms with Crippen molar-refractivity contribution in [3.05, 3.63) is 52.6 Å². The Balaban J connectivity index is 1.12. The fraction of sp³-hybridized carbons (Fsp3) is 0.600. The Morgan fingerprint density at radius 3 is 2.26 bits per heavy atom. The number of hydrogen-bond acceptors (Lipinski definition) is 8. The number of rotatable bonds is 7. The van der Waals surface area contributed by atoms with Crippen molar-refractivity contribution < 1.29 is 14.7 Å². The van der Waals surface area contributed by atoms with Crippen LogP contribution in [0.25, 0.3) is 5.69 Å². The average Bonchev–Trinajstić information content (AvgIpc) is 2.97. The van der Waals surface area contributed by atoms with E-state index in [1.807, 2.05) is 12.1 Å². The molecule has 3 heterocycles. The normalized spacial score (nSPS) is 21.5. The van der Waals surface area contributed by atoms with Crippen LogP contribution >= 0.6 is 0 Å². The fourth-order valence-electron chi connectivity index (χ4n) is 6.56. The molecular weight excluding hydrogens is 536 g/mol. The monoisotopic (exact) mass is 580 g/mol. The van der Waals surface area contributed by atoms with Gasteiger partial charge in [-0.3, -0.25) is 14.7 Å². The smallest absolute Gasteiger partial charge is 0.354 e. The van der Waals surface area contributed by atoms with Gasteiger partial charge in [-0.15, -0.1) is 0 Å². The number of amides is 3. The Morgan fingerprint density at radius 2 is 1.69 bits per heavy atom. The van der Waals surface area contributed by atoms with Crippen molar-refractivity contribution in [1.82, 2.24) is 24.3 Å². The third kappa shape index (κ3) is 6.51. The van der Waals surface area contributed by atoms with E-state index in [1.54, 1.807) is 22.1 Å². The number of aliphatic hydroxyl groups excluding tert-OH is 1. The lowest BCUT2D eigenvalue weighted by Crippen LogP contribution is -2.60. The van der Waals surface area contributed by atoms with Crippen LogP contribution in [-0.2, 0) is 11.2 Å². The molecule has 3 aliphatic rings. The van der Waals surface area contributed by atoms with Crippen molar-refractivity contribution in [3.63, 3.8) is 0 Å². The number of piperazine rings is 1. The molecule has 0 bridgehead atoms. The number of aromatic nitrogens is 2. The molecule has 2 aromatic rings. The summed E-state index contributed by atoms with van der Waals surface area (Å²) in [6, 6.07) is 10.0. The van der Waals surface area contributed by atoms with Gasteiger partial charge in [0.05, 0.1) is 12.3 Å². The molecule has 1 aromatic carbocycles. The van der Waals surface area contributed by atoms with E-state index in [1.165, 1.54) is 42.7 Å². The SMILES string of the molecule is CC(Cc1ccc(-n2ccc(NC(=O)N3CCN(C(=O)C(C)(N)CO)CC3)nc2=O)cc1)N1CCC2(CC1)CC(N)C2. The zero-order chi connectivity index (χ0) is 30.1. The van der Waals surface area contributed by atoms with Crippen LogP contribution in [0.2, 0.25) is 0 Å². The molecule has 228 valence electrons. The molecule has 12 nitrogen and oxygen atoms in total. The summed E-state index contributed by atoms with van der Waals surface area (Å²) in [4.78, 5) is 47.7. The van der Waals surface area contributed by atoms with Gasteiger partial charge >= 0.3 is 11.7 Å². The number of hydrogen-bond donors (Lipinski definition) is 4. The van der Waals surface area contributed by atoms with E-state index in [0.29, 0.717) is 49.4 Å². The number of nitrogens with two attached hydrogens (primary N) is 2. The van der Waals surface area contributed by atoms with Crippen LogP contribution in [0, 0.1) is 5.41 Å². The van der Waals surface area contributed by atoms with Gasteiger partial charge in [0.1, 0.15) is 11.4 Å². The van der Waals surface area contributed by atoms with E-state index < -0.39 is 23.9 Å². The maximum Gasteiger partial charge on any atom is 0.354 e. The summed E-state index contributed by atoms with van der Waals surface area (Å²) >= 11 is 0. The molecule has 1 spiro atoms. The number of urea groups is 1. The largest absolute Gasteiger partial charge is 0.394 e. The number of carbonyl (C=O) groups is 2. The molecule has 2 atom stereocenters. The molecule has 42 heavy (non-hydrogen) atoms. The topological polar surface area (TPSA) is 163 Å². The van der Waals surface area contributed by atoms with Crippen molar-refractivity contribution in [2.24, 2.45) is 16.9 Å². The van der Waals surface area contributed by atoms with E-state index >= 15 is 0 Å². The second-order valence-electron chi connectivity index (χ2n) is 12.7. The van der Waals surface area contributed by atoms with Crippen molar-refractivity contribution in [2.75, 3.05) is 51.2 Å². The Morgan fingerprint density at radius 1 is 1.07 bits per heavy atom. The highest BCUT2D eigenvalue weighted by molar-refractivity contribution is 5.89. The number of nitrogens with zero attached hydrogens (tertiary/aromatic N) is 5. The highest BCUT2D eigenvalue weighted by Gasteiger charge is 2.44. The minimum absolute atomic E-state index is 0.159. The molecule has 3 amide bonds. The van der Waals surface area contributed by atoms with Crippen LogP contribution < -0.4 is 22.5 Å². The first-order valence-corrected chi connectivity index (χ1v) is 14.9. The molecule has 12 heteroatoms. The summed E-state index contributed by atoms with van der Waals surface area (Å²) in [6.07, 6.45) is 7.40. The molecule has 5 rings (SSSR count). The molecular formula is C30H44N8O4. The lowest BCUT2D eigenvalue weighted by molar-refractivity contribution is -0.139. The van der Waals surface area contributed by atoms with Gasteiger partial charge in [-0.05, 0) is 88.2 Å². The van der Waals surface area contributed by atoms with E-state index in [0.717, 1.165) is 19.5 Å². The summed E-state index contributed by atoms with van der Waals surface area (Å²) in [7, 11) is 0. The Hall–Kier alpha value is -3.32. The van der Waals surface area contributed by atoms with Crippen molar-refractivity contribution in [1.29, 1.82) is 0 Å². The molecule has 1 aliphatic carbocycles. The number of benzene rings is 1. The van der Waals surface area contributed by atoms with E-state index in [-0.39, 0.29) is 11.7 Å². The number of anilines is 1. The number of likely N-dealkylation sites (tertiary alicyclic amines) is 1. The third-order valence-electron chi connectivity index (χ3n) is 9.33. The van der Waals surface area contributed by atoms with Gasteiger partial charge in [-0.2, -0.15) is 4.98 Å². The number of carbonyl (C=O) groups excluding carboxylic acids is 2. The maximum absolute atomic E-state index is 12.8. The molecule has 2 aliphatic heterocycles. The molecule has 6 N–H and O–H groups in total. The van der Waals surface area contributed by atoms with Crippen LogP contribution in [0.4, 0.5) is 10.6 Å². The quantitative estimate of drug-likeness (QED) is 0.373. The summed E-state index contributed by atoms with van der Waals surface area (Å²) in [5, 5.41) is 12.0. The predicted octanol–water partition coefficient (Wildman–Crippen LogP) is 0.753. The Bertz CT molecular complexity index is 1320. The van der Waals surface area contributed by atoms with Crippen LogP contribution in [-0.4, -0.2) is 105 Å². The predicted molar refractivity (Wildman–Crippen MR) is 160 cm³/mol. The first-order valence-electron chi connectivity index (χ1n) is 14.9. The zero-order valence-corrected chi connectivity index (χ0v) is 24.7. The second kappa shape index (κ2) is 12.1. The molecule has 2 saturated heterocycles. The Kier molecular flexibility index (Phi) is 8.70. The fourth-order valence-corrected chi connectivity index (χ4v) is 6.56. The van der Waals surface area contributed by atoms with Crippen molar-refractivity contribution in [2.45, 2.75) is 63.6 Å². The lowest BCUT2D eigenvalue weighted by atomic mass is 9.60. The van der Waals surface area contributed by atoms with Gasteiger partial charge in [-0.25, -0.2) is 9.59 Å². The first-order chi connectivity index (χ1) is 20.0. The summed E-state index contributed by atoms with van der Waals surface area (Å²) in [6.45, 7) is 6.77. The number of aliphatic hydroxyl groups is 1. The van der Waals surface area contributed by atoms with Gasteiger partial charge in [0, 0.05) is 44.5 Å². The van der Waals surface area contributed by atoms with Crippen LogP contribution in [0.1, 0.15) is 45.1 Å². The van der Waals surface area contributed by atoms with Crippen LogP contribution in [0.15, 0.2) is 41.3 Å². The Labute approximate surface area is 246 Å². The third-order valence-corrected chi connectivity index (χ3v) is 9.33. The number of piperidine rings is 1. The molecule has 2 unspecified atom stereocenters. The molecule has 1 aromatic heterocycles. The van der Waals surface area contributed by atoms with Crippen molar-refractivity contribution >= 4 is 17.8 Å².